The average Bonchev–Trinajstić information content (AvgIpc) is 2.68. The monoisotopic (exact) mass is 296 g/mol. The Morgan fingerprint density at radius 1 is 1.55 bits per heavy atom. The van der Waals surface area contributed by atoms with E-state index in [1.54, 1.807) is 7.05 Å². The zero-order valence-corrected chi connectivity index (χ0v) is 11.8. The van der Waals surface area contributed by atoms with E-state index in [0.717, 1.165) is 0 Å². The third-order valence-electron chi connectivity index (χ3n) is 2.89. The number of carbonyl (C=O) groups is 1. The van der Waals surface area contributed by atoms with Gasteiger partial charge in [-0.2, -0.15) is 5.10 Å². The van der Waals surface area contributed by atoms with E-state index in [-0.39, 0.29) is 10.7 Å². The van der Waals surface area contributed by atoms with Crippen LogP contribution in [0.4, 0.5) is 15.8 Å². The zero-order valence-electron chi connectivity index (χ0n) is 11.1. The first-order valence-electron chi connectivity index (χ1n) is 6.01. The summed E-state index contributed by atoms with van der Waals surface area (Å²) in [6, 6.07) is 3.94. The van der Waals surface area contributed by atoms with Crippen LogP contribution in [0.3, 0.4) is 0 Å². The molecule has 0 unspecified atom stereocenters. The highest BCUT2D eigenvalue weighted by atomic mass is 35.5. The second-order valence-electron chi connectivity index (χ2n) is 4.27. The smallest absolute Gasteiger partial charge is 0.276 e. The van der Waals surface area contributed by atoms with Gasteiger partial charge in [-0.3, -0.25) is 9.48 Å². The van der Waals surface area contributed by atoms with Crippen molar-refractivity contribution in [3.63, 3.8) is 0 Å². The Morgan fingerprint density at radius 3 is 2.80 bits per heavy atom. The third-order valence-corrected chi connectivity index (χ3v) is 3.18. The molecule has 0 saturated heterocycles. The number of nitrogens with zero attached hydrogens (tertiary/aromatic N) is 2. The highest BCUT2D eigenvalue weighted by Gasteiger charge is 2.19. The normalized spacial score (nSPS) is 10.6. The lowest BCUT2D eigenvalue weighted by molar-refractivity contribution is 0.101. The predicted molar refractivity (Wildman–Crippen MR) is 76.4 cm³/mol. The first kappa shape index (κ1) is 14.3. The van der Waals surface area contributed by atoms with E-state index in [4.69, 9.17) is 17.3 Å². The molecule has 0 fully saturated rings. The molecule has 5 nitrogen and oxygen atoms in total. The highest BCUT2D eigenvalue weighted by Crippen LogP contribution is 2.22. The van der Waals surface area contributed by atoms with Crippen molar-refractivity contribution in [2.24, 2.45) is 7.05 Å². The van der Waals surface area contributed by atoms with E-state index < -0.39 is 11.7 Å². The minimum absolute atomic E-state index is 0.0602. The molecule has 0 bridgehead atoms. The van der Waals surface area contributed by atoms with E-state index in [9.17, 15) is 9.18 Å². The summed E-state index contributed by atoms with van der Waals surface area (Å²) in [6.45, 7) is 1.90. The molecular weight excluding hydrogens is 283 g/mol. The molecule has 20 heavy (non-hydrogen) atoms. The lowest BCUT2D eigenvalue weighted by atomic mass is 10.2. The number of halogens is 2. The van der Waals surface area contributed by atoms with Gasteiger partial charge < -0.3 is 11.1 Å². The third kappa shape index (κ3) is 2.60. The summed E-state index contributed by atoms with van der Waals surface area (Å²) in [6.07, 6.45) is 0.634. The molecule has 1 amide bonds. The number of hydrogen-bond donors (Lipinski definition) is 2. The SMILES string of the molecule is CCc1nn(C)c(C(=O)Nc2ccc(F)c(Cl)c2)c1N. The van der Waals surface area contributed by atoms with Crippen LogP contribution in [0.15, 0.2) is 18.2 Å². The summed E-state index contributed by atoms with van der Waals surface area (Å²) < 4.78 is 14.5. The van der Waals surface area contributed by atoms with Gasteiger partial charge in [-0.1, -0.05) is 18.5 Å². The molecular formula is C13H14ClFN4O. The van der Waals surface area contributed by atoms with Crippen LogP contribution in [-0.2, 0) is 13.5 Å². The fourth-order valence-corrected chi connectivity index (χ4v) is 2.07. The molecule has 0 atom stereocenters. The van der Waals surface area contributed by atoms with E-state index in [2.05, 4.69) is 10.4 Å². The number of aromatic nitrogens is 2. The fraction of sp³-hybridized carbons (Fsp3) is 0.231. The lowest BCUT2D eigenvalue weighted by Gasteiger charge is -2.07. The number of aryl methyl sites for hydroxylation is 2. The molecule has 1 aromatic carbocycles. The van der Waals surface area contributed by atoms with Crippen molar-refractivity contribution in [1.29, 1.82) is 0 Å². The summed E-state index contributed by atoms with van der Waals surface area (Å²) in [7, 11) is 1.64. The van der Waals surface area contributed by atoms with Gasteiger partial charge in [-0.25, -0.2) is 4.39 Å². The number of anilines is 2. The van der Waals surface area contributed by atoms with Crippen LogP contribution in [0.5, 0.6) is 0 Å². The van der Waals surface area contributed by atoms with Gasteiger partial charge >= 0.3 is 0 Å². The Bertz CT molecular complexity index is 669. The van der Waals surface area contributed by atoms with E-state index in [0.29, 0.717) is 23.5 Å². The largest absolute Gasteiger partial charge is 0.395 e. The second kappa shape index (κ2) is 5.50. The molecule has 106 valence electrons. The molecule has 1 aromatic heterocycles. The van der Waals surface area contributed by atoms with Crippen molar-refractivity contribution in [2.75, 3.05) is 11.1 Å². The van der Waals surface area contributed by atoms with Gasteiger partial charge in [0.1, 0.15) is 11.5 Å². The van der Waals surface area contributed by atoms with E-state index in [1.807, 2.05) is 6.92 Å². The van der Waals surface area contributed by atoms with Crippen molar-refractivity contribution >= 4 is 28.9 Å². The van der Waals surface area contributed by atoms with Crippen molar-refractivity contribution in [1.82, 2.24) is 9.78 Å². The topological polar surface area (TPSA) is 72.9 Å². The summed E-state index contributed by atoms with van der Waals surface area (Å²) in [5, 5.41) is 6.72. The zero-order chi connectivity index (χ0) is 14.9. The maximum absolute atomic E-state index is 13.1. The number of nitrogens with one attached hydrogen (secondary N) is 1. The van der Waals surface area contributed by atoms with Crippen LogP contribution in [0.2, 0.25) is 5.02 Å². The standard InChI is InChI=1S/C13H14ClFN4O/c1-3-10-11(16)12(19(2)18-10)13(20)17-7-4-5-9(15)8(14)6-7/h4-6H,3,16H2,1-2H3,(H,17,20). The van der Waals surface area contributed by atoms with Gasteiger partial charge in [0.25, 0.3) is 5.91 Å². The average molecular weight is 297 g/mol. The van der Waals surface area contributed by atoms with E-state index in [1.165, 1.54) is 22.9 Å². The van der Waals surface area contributed by atoms with Crippen molar-refractivity contribution < 1.29 is 9.18 Å². The first-order chi connectivity index (χ1) is 9.43. The van der Waals surface area contributed by atoms with Gasteiger partial charge in [0.05, 0.1) is 16.4 Å². The molecule has 2 aromatic rings. The summed E-state index contributed by atoms with van der Waals surface area (Å²) in [4.78, 5) is 12.2. The molecule has 0 spiro atoms. The van der Waals surface area contributed by atoms with Gasteiger partial charge in [-0.15, -0.1) is 0 Å². The minimum atomic E-state index is -0.544. The second-order valence-corrected chi connectivity index (χ2v) is 4.68. The van der Waals surface area contributed by atoms with Crippen molar-refractivity contribution in [2.45, 2.75) is 13.3 Å². The summed E-state index contributed by atoms with van der Waals surface area (Å²) in [5.74, 6) is -0.960. The molecule has 3 N–H and O–H groups in total. The fourth-order valence-electron chi connectivity index (χ4n) is 1.89. The van der Waals surface area contributed by atoms with Crippen LogP contribution in [0.25, 0.3) is 0 Å². The Kier molecular flexibility index (Phi) is 3.94. The van der Waals surface area contributed by atoms with Crippen LogP contribution >= 0.6 is 11.6 Å². The Hall–Kier alpha value is -2.08. The van der Waals surface area contributed by atoms with Crippen molar-refractivity contribution in [3.8, 4) is 0 Å². The van der Waals surface area contributed by atoms with Gasteiger partial charge in [-0.05, 0) is 24.6 Å². The van der Waals surface area contributed by atoms with Gasteiger partial charge in [0.15, 0.2) is 0 Å². The van der Waals surface area contributed by atoms with Gasteiger partial charge in [0, 0.05) is 12.7 Å². The summed E-state index contributed by atoms with van der Waals surface area (Å²) in [5.41, 5.74) is 7.56. The number of hydrogen-bond acceptors (Lipinski definition) is 3. The number of rotatable bonds is 3. The van der Waals surface area contributed by atoms with Crippen LogP contribution in [0.1, 0.15) is 23.1 Å². The Labute approximate surface area is 120 Å². The molecule has 7 heteroatoms. The molecule has 2 rings (SSSR count). The number of carbonyl (C=O) groups excluding carboxylic acids is 1. The Morgan fingerprint density at radius 2 is 2.25 bits per heavy atom. The van der Waals surface area contributed by atoms with Gasteiger partial charge in [0.2, 0.25) is 0 Å². The highest BCUT2D eigenvalue weighted by molar-refractivity contribution is 6.31. The number of nitrogen functional groups attached to an aromatic ring is 1. The molecule has 0 aliphatic carbocycles. The van der Waals surface area contributed by atoms with Crippen LogP contribution in [0, 0.1) is 5.82 Å². The summed E-state index contributed by atoms with van der Waals surface area (Å²) >= 11 is 5.66. The molecule has 0 radical (unpaired) electrons. The molecule has 0 saturated carbocycles. The van der Waals surface area contributed by atoms with Crippen molar-refractivity contribution in [3.05, 3.63) is 40.4 Å². The minimum Gasteiger partial charge on any atom is -0.395 e. The number of amides is 1. The maximum Gasteiger partial charge on any atom is 0.276 e. The first-order valence-corrected chi connectivity index (χ1v) is 6.39. The quantitative estimate of drug-likeness (QED) is 0.914. The number of benzene rings is 1. The van der Waals surface area contributed by atoms with E-state index >= 15 is 0 Å². The van der Waals surface area contributed by atoms with Crippen LogP contribution < -0.4 is 11.1 Å². The predicted octanol–water partition coefficient (Wildman–Crippen LogP) is 2.61. The van der Waals surface area contributed by atoms with Crippen LogP contribution in [-0.4, -0.2) is 15.7 Å². The maximum atomic E-state index is 13.1. The molecule has 0 aliphatic rings. The molecule has 1 heterocycles. The number of nitrogens with two attached hydrogens (primary N) is 1. The Balaban J connectivity index is 2.28. The lowest BCUT2D eigenvalue weighted by Crippen LogP contribution is -2.17. The molecule has 0 aliphatic heterocycles.